The minimum absolute atomic E-state index is 0.153. The highest BCUT2D eigenvalue weighted by Gasteiger charge is 2.35. The number of carbonyl (C=O) groups excluding carboxylic acids is 1. The average Bonchev–Trinajstić information content (AvgIpc) is 2.62. The quantitative estimate of drug-likeness (QED) is 0.857. The van der Waals surface area contributed by atoms with E-state index in [0.717, 1.165) is 0 Å². The summed E-state index contributed by atoms with van der Waals surface area (Å²) >= 11 is 12.3. The number of para-hydroxylation sites is 1. The average molecular weight is 385 g/mol. The van der Waals surface area contributed by atoms with Crippen molar-refractivity contribution in [2.45, 2.75) is 12.8 Å². The first kappa shape index (κ1) is 18.0. The SMILES string of the molecule is CC(=O)C1=NN(c2ccccc2)C(N)=C(C#N)C1c1ccc(Cl)cc1Cl. The smallest absolute Gasteiger partial charge is 0.176 e. The summed E-state index contributed by atoms with van der Waals surface area (Å²) in [5, 5.41) is 16.4. The van der Waals surface area contributed by atoms with Crippen LogP contribution in [0.2, 0.25) is 10.0 Å². The van der Waals surface area contributed by atoms with Crippen LogP contribution in [0.3, 0.4) is 0 Å². The predicted octanol–water partition coefficient (Wildman–Crippen LogP) is 4.24. The molecule has 0 amide bonds. The molecule has 0 spiro atoms. The lowest BCUT2D eigenvalue weighted by molar-refractivity contribution is -0.111. The number of hydrogen-bond acceptors (Lipinski definition) is 5. The van der Waals surface area contributed by atoms with E-state index in [1.54, 1.807) is 30.3 Å². The number of hydrazone groups is 1. The van der Waals surface area contributed by atoms with Crippen molar-refractivity contribution >= 4 is 40.4 Å². The van der Waals surface area contributed by atoms with Gasteiger partial charge in [-0.2, -0.15) is 10.4 Å². The highest BCUT2D eigenvalue weighted by Crippen LogP contribution is 2.38. The van der Waals surface area contributed by atoms with Gasteiger partial charge in [-0.05, 0) is 29.8 Å². The number of rotatable bonds is 3. The van der Waals surface area contributed by atoms with E-state index in [9.17, 15) is 10.1 Å². The molecule has 130 valence electrons. The van der Waals surface area contributed by atoms with Crippen LogP contribution in [0, 0.1) is 11.3 Å². The van der Waals surface area contributed by atoms with Gasteiger partial charge in [0.15, 0.2) is 5.78 Å². The van der Waals surface area contributed by atoms with Crippen LogP contribution in [-0.2, 0) is 4.79 Å². The van der Waals surface area contributed by atoms with E-state index >= 15 is 0 Å². The second-order valence-corrected chi connectivity index (χ2v) is 6.54. The Balaban J connectivity index is 2.22. The summed E-state index contributed by atoms with van der Waals surface area (Å²) in [5.74, 6) is -0.871. The molecule has 7 heteroatoms. The van der Waals surface area contributed by atoms with Gasteiger partial charge in [0, 0.05) is 17.0 Å². The van der Waals surface area contributed by atoms with Gasteiger partial charge in [-0.25, -0.2) is 5.01 Å². The third kappa shape index (κ3) is 3.17. The predicted molar refractivity (Wildman–Crippen MR) is 103 cm³/mol. The van der Waals surface area contributed by atoms with Crippen molar-refractivity contribution in [1.29, 1.82) is 5.26 Å². The highest BCUT2D eigenvalue weighted by molar-refractivity contribution is 6.43. The number of ketones is 1. The van der Waals surface area contributed by atoms with Crippen LogP contribution in [0.5, 0.6) is 0 Å². The van der Waals surface area contributed by atoms with Crippen LogP contribution in [0.15, 0.2) is 65.0 Å². The Kier molecular flexibility index (Phi) is 4.99. The molecule has 3 rings (SSSR count). The van der Waals surface area contributed by atoms with E-state index < -0.39 is 5.92 Å². The van der Waals surface area contributed by atoms with E-state index in [0.29, 0.717) is 21.3 Å². The number of nitrogens with two attached hydrogens (primary N) is 1. The summed E-state index contributed by atoms with van der Waals surface area (Å²) in [4.78, 5) is 12.3. The molecule has 0 saturated carbocycles. The van der Waals surface area contributed by atoms with Crippen molar-refractivity contribution in [1.82, 2.24) is 0 Å². The number of halogens is 2. The summed E-state index contributed by atoms with van der Waals surface area (Å²) in [7, 11) is 0. The van der Waals surface area contributed by atoms with Gasteiger partial charge in [0.1, 0.15) is 11.5 Å². The molecule has 5 nitrogen and oxygen atoms in total. The number of benzene rings is 2. The maximum absolute atomic E-state index is 12.3. The molecule has 1 atom stereocenters. The summed E-state index contributed by atoms with van der Waals surface area (Å²) in [6, 6.07) is 16.1. The lowest BCUT2D eigenvalue weighted by Gasteiger charge is -2.31. The van der Waals surface area contributed by atoms with Crippen LogP contribution >= 0.6 is 23.2 Å². The third-order valence-electron chi connectivity index (χ3n) is 4.03. The molecule has 0 aliphatic carbocycles. The van der Waals surface area contributed by atoms with E-state index in [1.807, 2.05) is 18.2 Å². The fourth-order valence-corrected chi connectivity index (χ4v) is 3.34. The molecular formula is C19H14Cl2N4O. The first-order valence-corrected chi connectivity index (χ1v) is 8.49. The Bertz CT molecular complexity index is 977. The van der Waals surface area contributed by atoms with Crippen LogP contribution in [0.1, 0.15) is 18.4 Å². The third-order valence-corrected chi connectivity index (χ3v) is 4.59. The summed E-state index contributed by atoms with van der Waals surface area (Å²) in [6.45, 7) is 1.40. The Labute approximate surface area is 160 Å². The van der Waals surface area contributed by atoms with Crippen LogP contribution in [-0.4, -0.2) is 11.5 Å². The molecule has 0 saturated heterocycles. The minimum atomic E-state index is -0.748. The van der Waals surface area contributed by atoms with Gasteiger partial charge in [-0.3, -0.25) is 4.79 Å². The minimum Gasteiger partial charge on any atom is -0.383 e. The van der Waals surface area contributed by atoms with Crippen molar-refractivity contribution in [2.24, 2.45) is 10.8 Å². The van der Waals surface area contributed by atoms with Gasteiger partial charge in [0.25, 0.3) is 0 Å². The molecule has 26 heavy (non-hydrogen) atoms. The number of allylic oxidation sites excluding steroid dienone is 1. The van der Waals surface area contributed by atoms with Crippen LogP contribution < -0.4 is 10.7 Å². The maximum Gasteiger partial charge on any atom is 0.176 e. The van der Waals surface area contributed by atoms with Gasteiger partial charge in [0.2, 0.25) is 0 Å². The van der Waals surface area contributed by atoms with Gasteiger partial charge < -0.3 is 5.73 Å². The standard InChI is InChI=1S/C19H14Cl2N4O/c1-11(26)18-17(14-8-7-12(20)9-16(14)21)15(10-22)19(23)25(24-18)13-5-3-2-4-6-13/h2-9,17H,23H2,1H3. The maximum atomic E-state index is 12.3. The fourth-order valence-electron chi connectivity index (χ4n) is 2.82. The van der Waals surface area contributed by atoms with E-state index in [2.05, 4.69) is 11.2 Å². The topological polar surface area (TPSA) is 82.5 Å². The molecule has 0 fully saturated rings. The van der Waals surface area contributed by atoms with E-state index in [-0.39, 0.29) is 22.9 Å². The zero-order chi connectivity index (χ0) is 18.8. The lowest BCUT2D eigenvalue weighted by Crippen LogP contribution is -2.36. The zero-order valence-corrected chi connectivity index (χ0v) is 15.3. The molecular weight excluding hydrogens is 371 g/mol. The summed E-state index contributed by atoms with van der Waals surface area (Å²) in [5.41, 5.74) is 7.83. The van der Waals surface area contributed by atoms with Crippen molar-refractivity contribution in [3.8, 4) is 6.07 Å². The van der Waals surface area contributed by atoms with Crippen LogP contribution in [0.4, 0.5) is 5.69 Å². The van der Waals surface area contributed by atoms with Crippen molar-refractivity contribution in [3.05, 3.63) is 75.5 Å². The lowest BCUT2D eigenvalue weighted by atomic mass is 9.84. The Hall–Kier alpha value is -2.81. The monoisotopic (exact) mass is 384 g/mol. The number of carbonyl (C=O) groups is 1. The molecule has 1 aliphatic heterocycles. The number of Topliss-reactive ketones (excluding diaryl/α,β-unsaturated/α-hetero) is 1. The van der Waals surface area contributed by atoms with Gasteiger partial charge in [-0.15, -0.1) is 0 Å². The second kappa shape index (κ2) is 7.20. The molecule has 1 aliphatic rings. The molecule has 2 N–H and O–H groups in total. The molecule has 0 bridgehead atoms. The fraction of sp³-hybridized carbons (Fsp3) is 0.105. The van der Waals surface area contributed by atoms with Crippen molar-refractivity contribution in [2.75, 3.05) is 5.01 Å². The number of anilines is 1. The van der Waals surface area contributed by atoms with Gasteiger partial charge in [-0.1, -0.05) is 47.5 Å². The largest absolute Gasteiger partial charge is 0.383 e. The molecule has 1 unspecified atom stereocenters. The van der Waals surface area contributed by atoms with Crippen molar-refractivity contribution < 1.29 is 4.79 Å². The number of nitriles is 1. The normalized spacial score (nSPS) is 16.9. The first-order valence-electron chi connectivity index (χ1n) is 7.73. The Morgan fingerprint density at radius 1 is 1.23 bits per heavy atom. The van der Waals surface area contributed by atoms with Crippen molar-refractivity contribution in [3.63, 3.8) is 0 Å². The number of nitrogens with zero attached hydrogens (tertiary/aromatic N) is 3. The molecule has 2 aromatic carbocycles. The van der Waals surface area contributed by atoms with Gasteiger partial charge in [0.05, 0.1) is 23.2 Å². The molecule has 2 aromatic rings. The number of hydrogen-bond donors (Lipinski definition) is 1. The summed E-state index contributed by atoms with van der Waals surface area (Å²) < 4.78 is 0. The van der Waals surface area contributed by atoms with Gasteiger partial charge >= 0.3 is 0 Å². The first-order chi connectivity index (χ1) is 12.4. The molecule has 1 heterocycles. The van der Waals surface area contributed by atoms with E-state index in [4.69, 9.17) is 28.9 Å². The molecule has 0 radical (unpaired) electrons. The van der Waals surface area contributed by atoms with E-state index in [1.165, 1.54) is 11.9 Å². The Morgan fingerprint density at radius 3 is 2.50 bits per heavy atom. The Morgan fingerprint density at radius 2 is 1.92 bits per heavy atom. The summed E-state index contributed by atoms with van der Waals surface area (Å²) in [6.07, 6.45) is 0. The molecule has 0 aromatic heterocycles. The van der Waals surface area contributed by atoms with Crippen LogP contribution in [0.25, 0.3) is 0 Å². The zero-order valence-electron chi connectivity index (χ0n) is 13.8. The highest BCUT2D eigenvalue weighted by atomic mass is 35.5. The second-order valence-electron chi connectivity index (χ2n) is 5.70.